The van der Waals surface area contributed by atoms with E-state index in [0.717, 1.165) is 5.70 Å². The molecule has 1 aromatic rings. The van der Waals surface area contributed by atoms with E-state index < -0.39 is 4.92 Å². The van der Waals surface area contributed by atoms with E-state index >= 15 is 0 Å². The summed E-state index contributed by atoms with van der Waals surface area (Å²) >= 11 is 0. The lowest BCUT2D eigenvalue weighted by Gasteiger charge is -2.21. The number of hydrogen-bond acceptors (Lipinski definition) is 6. The first kappa shape index (κ1) is 18.1. The van der Waals surface area contributed by atoms with Crippen LogP contribution in [-0.2, 0) is 4.79 Å². The molecule has 132 valence electrons. The number of nitrogens with zero attached hydrogens (tertiary/aromatic N) is 3. The molecule has 1 heterocycles. The van der Waals surface area contributed by atoms with Gasteiger partial charge in [-0.15, -0.1) is 0 Å². The zero-order chi connectivity index (χ0) is 18.6. The fourth-order valence-corrected chi connectivity index (χ4v) is 2.42. The lowest BCUT2D eigenvalue weighted by Crippen LogP contribution is -2.36. The minimum atomic E-state index is -0.544. The van der Waals surface area contributed by atoms with Crippen LogP contribution in [-0.4, -0.2) is 22.5 Å². The normalized spacial score (nSPS) is 17.5. The summed E-state index contributed by atoms with van der Waals surface area (Å²) in [5.41, 5.74) is 10.4. The molecule has 0 saturated heterocycles. The average Bonchev–Trinajstić information content (AvgIpc) is 2.55. The molecule has 0 spiro atoms. The van der Waals surface area contributed by atoms with E-state index in [1.807, 2.05) is 6.92 Å². The van der Waals surface area contributed by atoms with Gasteiger partial charge in [0.05, 0.1) is 10.6 Å². The number of amides is 1. The maximum absolute atomic E-state index is 11.4. The second-order valence-electron chi connectivity index (χ2n) is 5.68. The van der Waals surface area contributed by atoms with Gasteiger partial charge in [0.2, 0.25) is 11.9 Å². The summed E-state index contributed by atoms with van der Waals surface area (Å²) in [4.78, 5) is 26.1. The highest BCUT2D eigenvalue weighted by molar-refractivity contribution is 6.04. The molecule has 0 aromatic heterocycles. The van der Waals surface area contributed by atoms with Gasteiger partial charge in [-0.2, -0.15) is 5.10 Å². The molecule has 1 atom stereocenters. The Morgan fingerprint density at radius 2 is 2.32 bits per heavy atom. The number of aliphatic imine (C=N–C) groups is 1. The number of carbonyl (C=O) groups is 1. The van der Waals surface area contributed by atoms with Gasteiger partial charge in [0.25, 0.3) is 5.69 Å². The molecule has 0 saturated carbocycles. The van der Waals surface area contributed by atoms with Crippen molar-refractivity contribution in [2.45, 2.75) is 26.7 Å². The predicted octanol–water partition coefficient (Wildman–Crippen LogP) is 1.91. The summed E-state index contributed by atoms with van der Waals surface area (Å²) < 4.78 is 0. The number of rotatable bonds is 4. The third-order valence-electron chi connectivity index (χ3n) is 3.65. The molecule has 1 aromatic carbocycles. The number of allylic oxidation sites excluding steroid dienone is 1. The molecule has 0 bridgehead atoms. The van der Waals surface area contributed by atoms with Crippen LogP contribution in [0, 0.1) is 16.0 Å². The van der Waals surface area contributed by atoms with Crippen LogP contribution in [0.25, 0.3) is 0 Å². The van der Waals surface area contributed by atoms with Gasteiger partial charge in [0.1, 0.15) is 5.69 Å². The summed E-state index contributed by atoms with van der Waals surface area (Å²) in [5, 5.41) is 18.0. The van der Waals surface area contributed by atoms with Gasteiger partial charge >= 0.3 is 0 Å². The van der Waals surface area contributed by atoms with Crippen LogP contribution in [0.3, 0.4) is 0 Å². The molecule has 0 fully saturated rings. The first-order valence-corrected chi connectivity index (χ1v) is 7.76. The molecule has 1 aliphatic rings. The molecule has 1 unspecified atom stereocenters. The van der Waals surface area contributed by atoms with E-state index in [4.69, 9.17) is 5.73 Å². The number of nitro benzene ring substituents is 1. The first-order chi connectivity index (χ1) is 11.8. The number of guanidine groups is 1. The second-order valence-corrected chi connectivity index (χ2v) is 5.68. The van der Waals surface area contributed by atoms with Crippen LogP contribution >= 0.6 is 0 Å². The summed E-state index contributed by atoms with van der Waals surface area (Å²) in [6.07, 6.45) is 0.926. The first-order valence-electron chi connectivity index (χ1n) is 7.76. The topological polar surface area (TPSA) is 135 Å². The molecular formula is C16H20N6O3. The van der Waals surface area contributed by atoms with Crippen molar-refractivity contribution in [3.8, 4) is 0 Å². The summed E-state index contributed by atoms with van der Waals surface area (Å²) in [6.45, 7) is 7.46. The summed E-state index contributed by atoms with van der Waals surface area (Å²) in [7, 11) is 0. The van der Waals surface area contributed by atoms with Crippen LogP contribution < -0.4 is 16.5 Å². The number of hydrogen-bond donors (Lipinski definition) is 3. The van der Waals surface area contributed by atoms with E-state index in [1.165, 1.54) is 12.1 Å². The van der Waals surface area contributed by atoms with E-state index in [9.17, 15) is 14.9 Å². The van der Waals surface area contributed by atoms with Crippen LogP contribution in [0.2, 0.25) is 0 Å². The third-order valence-corrected chi connectivity index (χ3v) is 3.65. The predicted molar refractivity (Wildman–Crippen MR) is 95.4 cm³/mol. The molecule has 2 rings (SSSR count). The minimum Gasteiger partial charge on any atom is -0.369 e. The Kier molecular flexibility index (Phi) is 5.48. The van der Waals surface area contributed by atoms with Gasteiger partial charge in [-0.3, -0.25) is 25.7 Å². The molecule has 4 N–H and O–H groups in total. The second kappa shape index (κ2) is 7.56. The third kappa shape index (κ3) is 4.40. The Morgan fingerprint density at radius 3 is 2.92 bits per heavy atom. The monoisotopic (exact) mass is 344 g/mol. The van der Waals surface area contributed by atoms with Crippen molar-refractivity contribution in [3.63, 3.8) is 0 Å². The molecule has 25 heavy (non-hydrogen) atoms. The molecule has 0 radical (unpaired) electrons. The van der Waals surface area contributed by atoms with Gasteiger partial charge in [-0.25, -0.2) is 4.99 Å². The van der Waals surface area contributed by atoms with Crippen molar-refractivity contribution in [3.05, 3.63) is 46.2 Å². The standard InChI is InChI=1S/C16H20N6O3/c1-4-14(23)19-16(17)18-12-6-5-11(8-13(12)22(24)25)15-9(2)7-10(3)20-21-15/h5-6,8-9,20H,3-4,7H2,1-2H3,(H3,17,18,19,23). The Morgan fingerprint density at radius 1 is 1.60 bits per heavy atom. The zero-order valence-electron chi connectivity index (χ0n) is 14.1. The van der Waals surface area contributed by atoms with E-state index in [0.29, 0.717) is 17.7 Å². The maximum Gasteiger partial charge on any atom is 0.295 e. The van der Waals surface area contributed by atoms with Gasteiger partial charge in [-0.05, 0) is 12.5 Å². The Labute approximate surface area is 144 Å². The number of carbonyl (C=O) groups excluding carboxylic acids is 1. The van der Waals surface area contributed by atoms with Crippen molar-refractivity contribution in [1.29, 1.82) is 0 Å². The maximum atomic E-state index is 11.4. The van der Waals surface area contributed by atoms with Crippen molar-refractivity contribution in [1.82, 2.24) is 10.7 Å². The van der Waals surface area contributed by atoms with Crippen LogP contribution in [0.4, 0.5) is 11.4 Å². The van der Waals surface area contributed by atoms with Crippen molar-refractivity contribution in [2.75, 3.05) is 0 Å². The van der Waals surface area contributed by atoms with Gasteiger partial charge in [-0.1, -0.05) is 26.5 Å². The van der Waals surface area contributed by atoms with Crippen molar-refractivity contribution in [2.24, 2.45) is 21.7 Å². The number of benzene rings is 1. The number of nitrogens with one attached hydrogen (secondary N) is 2. The number of nitro groups is 1. The largest absolute Gasteiger partial charge is 0.369 e. The van der Waals surface area contributed by atoms with Gasteiger partial charge in [0.15, 0.2) is 0 Å². The molecular weight excluding hydrogens is 324 g/mol. The fraction of sp³-hybridized carbons (Fsp3) is 0.312. The van der Waals surface area contributed by atoms with Crippen molar-refractivity contribution < 1.29 is 9.72 Å². The van der Waals surface area contributed by atoms with Gasteiger partial charge in [0, 0.05) is 29.7 Å². The minimum absolute atomic E-state index is 0.0593. The van der Waals surface area contributed by atoms with Crippen LogP contribution in [0.5, 0.6) is 0 Å². The molecule has 1 amide bonds. The van der Waals surface area contributed by atoms with Crippen LogP contribution in [0.15, 0.2) is 40.6 Å². The molecule has 9 heteroatoms. The summed E-state index contributed by atoms with van der Waals surface area (Å²) in [6, 6.07) is 4.57. The summed E-state index contributed by atoms with van der Waals surface area (Å²) in [5.74, 6) is -0.433. The lowest BCUT2D eigenvalue weighted by molar-refractivity contribution is -0.384. The average molecular weight is 344 g/mol. The van der Waals surface area contributed by atoms with E-state index in [1.54, 1.807) is 13.0 Å². The van der Waals surface area contributed by atoms with Crippen LogP contribution in [0.1, 0.15) is 32.3 Å². The smallest absolute Gasteiger partial charge is 0.295 e. The fourth-order valence-electron chi connectivity index (χ4n) is 2.42. The quantitative estimate of drug-likeness (QED) is 0.332. The SMILES string of the molecule is C=C1CC(C)C(c2ccc(N=C(N)NC(=O)CC)c([N+](=O)[O-])c2)=NN1. The van der Waals surface area contributed by atoms with Gasteiger partial charge < -0.3 is 5.73 Å². The Hall–Kier alpha value is -3.23. The van der Waals surface area contributed by atoms with Crippen molar-refractivity contribution >= 4 is 29.0 Å². The number of hydrazone groups is 1. The highest BCUT2D eigenvalue weighted by Gasteiger charge is 2.22. The Balaban J connectivity index is 2.38. The zero-order valence-corrected chi connectivity index (χ0v) is 14.1. The Bertz CT molecular complexity index is 784. The number of nitrogens with two attached hydrogens (primary N) is 1. The lowest BCUT2D eigenvalue weighted by atomic mass is 9.93. The highest BCUT2D eigenvalue weighted by atomic mass is 16.6. The molecule has 1 aliphatic heterocycles. The van der Waals surface area contributed by atoms with E-state index in [-0.39, 0.29) is 35.6 Å². The highest BCUT2D eigenvalue weighted by Crippen LogP contribution is 2.30. The molecule has 9 nitrogen and oxygen atoms in total. The molecule has 0 aliphatic carbocycles. The van der Waals surface area contributed by atoms with E-state index in [2.05, 4.69) is 27.4 Å².